The van der Waals surface area contributed by atoms with Gasteiger partial charge in [-0.1, -0.05) is 23.7 Å². The van der Waals surface area contributed by atoms with Gasteiger partial charge in [0.05, 0.1) is 10.7 Å². The Balaban J connectivity index is 2.50. The minimum atomic E-state index is -1.01. The fourth-order valence-electron chi connectivity index (χ4n) is 1.46. The SMILES string of the molecule is Nc1c(Cl)cccc1-c1c[nH]c(C(=O)O)c1. The molecular weight excluding hydrogens is 228 g/mol. The molecule has 0 aliphatic heterocycles. The number of hydrogen-bond donors (Lipinski definition) is 3. The Hall–Kier alpha value is -1.94. The van der Waals surface area contributed by atoms with E-state index in [1.165, 1.54) is 6.07 Å². The summed E-state index contributed by atoms with van der Waals surface area (Å²) in [5.74, 6) is -1.01. The van der Waals surface area contributed by atoms with Crippen LogP contribution in [0.5, 0.6) is 0 Å². The Morgan fingerprint density at radius 3 is 2.81 bits per heavy atom. The Morgan fingerprint density at radius 2 is 2.19 bits per heavy atom. The van der Waals surface area contributed by atoms with Crippen molar-refractivity contribution in [2.24, 2.45) is 0 Å². The van der Waals surface area contributed by atoms with Crippen LogP contribution in [-0.2, 0) is 0 Å². The van der Waals surface area contributed by atoms with Crippen LogP contribution in [0.25, 0.3) is 11.1 Å². The van der Waals surface area contributed by atoms with Gasteiger partial charge in [-0.3, -0.25) is 0 Å². The highest BCUT2D eigenvalue weighted by Gasteiger charge is 2.10. The van der Waals surface area contributed by atoms with Gasteiger partial charge in [-0.15, -0.1) is 0 Å². The number of nitrogens with two attached hydrogens (primary N) is 1. The van der Waals surface area contributed by atoms with E-state index >= 15 is 0 Å². The number of rotatable bonds is 2. The van der Waals surface area contributed by atoms with Gasteiger partial charge < -0.3 is 15.8 Å². The van der Waals surface area contributed by atoms with E-state index in [4.69, 9.17) is 22.4 Å². The molecule has 0 bridgehead atoms. The molecule has 0 aliphatic carbocycles. The van der Waals surface area contributed by atoms with Gasteiger partial charge in [0.25, 0.3) is 0 Å². The van der Waals surface area contributed by atoms with E-state index in [-0.39, 0.29) is 5.69 Å². The van der Waals surface area contributed by atoms with Crippen LogP contribution in [0.2, 0.25) is 5.02 Å². The highest BCUT2D eigenvalue weighted by Crippen LogP contribution is 2.31. The van der Waals surface area contributed by atoms with Crippen LogP contribution in [0.4, 0.5) is 5.69 Å². The third-order valence-electron chi connectivity index (χ3n) is 2.28. The summed E-state index contributed by atoms with van der Waals surface area (Å²) in [6.07, 6.45) is 1.59. The second-order valence-corrected chi connectivity index (χ2v) is 3.72. The topological polar surface area (TPSA) is 79.1 Å². The molecule has 5 heteroatoms. The number of benzene rings is 1. The van der Waals surface area contributed by atoms with E-state index in [9.17, 15) is 4.79 Å². The Kier molecular flexibility index (Phi) is 2.58. The average molecular weight is 237 g/mol. The summed E-state index contributed by atoms with van der Waals surface area (Å²) in [7, 11) is 0. The van der Waals surface area contributed by atoms with Crippen LogP contribution in [-0.4, -0.2) is 16.1 Å². The van der Waals surface area contributed by atoms with Gasteiger partial charge in [0.15, 0.2) is 0 Å². The first-order valence-electron chi connectivity index (χ1n) is 4.55. The Morgan fingerprint density at radius 1 is 1.44 bits per heavy atom. The number of para-hydroxylation sites is 1. The molecule has 82 valence electrons. The molecule has 16 heavy (non-hydrogen) atoms. The molecule has 2 aromatic rings. The van der Waals surface area contributed by atoms with Gasteiger partial charge in [0.1, 0.15) is 5.69 Å². The highest BCUT2D eigenvalue weighted by molar-refractivity contribution is 6.33. The zero-order valence-electron chi connectivity index (χ0n) is 8.20. The minimum absolute atomic E-state index is 0.120. The van der Waals surface area contributed by atoms with Gasteiger partial charge in [-0.25, -0.2) is 4.79 Å². The second kappa shape index (κ2) is 3.90. The molecular formula is C11H9ClN2O2. The van der Waals surface area contributed by atoms with Crippen molar-refractivity contribution in [2.75, 3.05) is 5.73 Å². The van der Waals surface area contributed by atoms with Crippen molar-refractivity contribution in [2.45, 2.75) is 0 Å². The first-order chi connectivity index (χ1) is 7.59. The van der Waals surface area contributed by atoms with Gasteiger partial charge >= 0.3 is 5.97 Å². The van der Waals surface area contributed by atoms with Crippen molar-refractivity contribution in [3.8, 4) is 11.1 Å². The van der Waals surface area contributed by atoms with Crippen molar-refractivity contribution in [1.29, 1.82) is 0 Å². The Labute approximate surface area is 96.7 Å². The number of nitrogens with one attached hydrogen (secondary N) is 1. The molecule has 0 unspecified atom stereocenters. The molecule has 0 saturated carbocycles. The minimum Gasteiger partial charge on any atom is -0.477 e. The van der Waals surface area contributed by atoms with Crippen LogP contribution >= 0.6 is 11.6 Å². The fourth-order valence-corrected chi connectivity index (χ4v) is 1.64. The zero-order valence-corrected chi connectivity index (χ0v) is 8.95. The van der Waals surface area contributed by atoms with E-state index in [1.54, 1.807) is 24.4 Å². The molecule has 4 N–H and O–H groups in total. The van der Waals surface area contributed by atoms with Crippen LogP contribution in [0, 0.1) is 0 Å². The van der Waals surface area contributed by atoms with E-state index in [2.05, 4.69) is 4.98 Å². The molecule has 1 aromatic carbocycles. The fraction of sp³-hybridized carbons (Fsp3) is 0. The number of carboxylic acids is 1. The van der Waals surface area contributed by atoms with Crippen molar-refractivity contribution >= 4 is 23.3 Å². The number of aromatic amines is 1. The molecule has 4 nitrogen and oxygen atoms in total. The lowest BCUT2D eigenvalue weighted by Gasteiger charge is -2.04. The maximum absolute atomic E-state index is 10.7. The number of aromatic carboxylic acids is 1. The van der Waals surface area contributed by atoms with E-state index < -0.39 is 5.97 Å². The lowest BCUT2D eigenvalue weighted by atomic mass is 10.1. The van der Waals surface area contributed by atoms with Crippen molar-refractivity contribution in [3.63, 3.8) is 0 Å². The van der Waals surface area contributed by atoms with E-state index in [0.29, 0.717) is 16.3 Å². The van der Waals surface area contributed by atoms with Gasteiger partial charge in [0, 0.05) is 17.3 Å². The predicted molar refractivity (Wildman–Crippen MR) is 62.6 cm³/mol. The Bertz CT molecular complexity index is 549. The van der Waals surface area contributed by atoms with Crippen molar-refractivity contribution in [1.82, 2.24) is 4.98 Å². The van der Waals surface area contributed by atoms with Crippen LogP contribution in [0.1, 0.15) is 10.5 Å². The molecule has 0 atom stereocenters. The maximum atomic E-state index is 10.7. The van der Waals surface area contributed by atoms with Crippen LogP contribution in [0.15, 0.2) is 30.5 Å². The maximum Gasteiger partial charge on any atom is 0.352 e. The first-order valence-corrected chi connectivity index (χ1v) is 4.93. The standard InChI is InChI=1S/C11H9ClN2O2/c12-8-3-1-2-7(10(8)13)6-4-9(11(15)16)14-5-6/h1-5,14H,13H2,(H,15,16). The van der Waals surface area contributed by atoms with Gasteiger partial charge in [-0.2, -0.15) is 0 Å². The monoisotopic (exact) mass is 236 g/mol. The molecule has 0 radical (unpaired) electrons. The van der Waals surface area contributed by atoms with E-state index in [0.717, 1.165) is 5.56 Å². The van der Waals surface area contributed by atoms with Gasteiger partial charge in [-0.05, 0) is 12.1 Å². The number of aromatic nitrogens is 1. The molecule has 1 aromatic heterocycles. The number of hydrogen-bond acceptors (Lipinski definition) is 2. The summed E-state index contributed by atoms with van der Waals surface area (Å²) in [5.41, 5.74) is 7.80. The summed E-state index contributed by atoms with van der Waals surface area (Å²) in [5, 5.41) is 9.23. The summed E-state index contributed by atoms with van der Waals surface area (Å²) >= 11 is 5.88. The molecule has 0 amide bonds. The predicted octanol–water partition coefficient (Wildman–Crippen LogP) is 2.62. The van der Waals surface area contributed by atoms with Crippen molar-refractivity contribution in [3.05, 3.63) is 41.2 Å². The number of carboxylic acid groups (broad SMARTS) is 1. The number of anilines is 1. The molecule has 1 heterocycles. The zero-order chi connectivity index (χ0) is 11.7. The van der Waals surface area contributed by atoms with Crippen molar-refractivity contribution < 1.29 is 9.90 Å². The molecule has 0 spiro atoms. The molecule has 0 saturated heterocycles. The summed E-state index contributed by atoms with van der Waals surface area (Å²) in [4.78, 5) is 13.4. The number of nitrogen functional groups attached to an aromatic ring is 1. The quantitative estimate of drug-likeness (QED) is 0.702. The van der Waals surface area contributed by atoms with E-state index in [1.807, 2.05) is 0 Å². The second-order valence-electron chi connectivity index (χ2n) is 3.31. The normalized spacial score (nSPS) is 10.3. The average Bonchev–Trinajstić information content (AvgIpc) is 2.71. The smallest absolute Gasteiger partial charge is 0.352 e. The third kappa shape index (κ3) is 1.75. The van der Waals surface area contributed by atoms with Crippen LogP contribution < -0.4 is 5.73 Å². The lowest BCUT2D eigenvalue weighted by Crippen LogP contribution is -1.94. The lowest BCUT2D eigenvalue weighted by molar-refractivity contribution is 0.0691. The highest BCUT2D eigenvalue weighted by atomic mass is 35.5. The van der Waals surface area contributed by atoms with Crippen LogP contribution in [0.3, 0.4) is 0 Å². The largest absolute Gasteiger partial charge is 0.477 e. The van der Waals surface area contributed by atoms with Gasteiger partial charge in [0.2, 0.25) is 0 Å². The third-order valence-corrected chi connectivity index (χ3v) is 2.61. The number of carbonyl (C=O) groups is 1. The molecule has 0 fully saturated rings. The molecule has 2 rings (SSSR count). The first kappa shape index (κ1) is 10.6. The summed E-state index contributed by atoms with van der Waals surface area (Å²) in [6, 6.07) is 6.76. The number of halogens is 1. The number of H-pyrrole nitrogens is 1. The summed E-state index contributed by atoms with van der Waals surface area (Å²) < 4.78 is 0. The summed E-state index contributed by atoms with van der Waals surface area (Å²) in [6.45, 7) is 0. The molecule has 0 aliphatic rings.